The molecular formula is C6H5Cl3FNP2S. The molecule has 0 aromatic heterocycles. The molecule has 0 N–H and O–H groups in total. The highest BCUT2D eigenvalue weighted by atomic mass is 35.9. The molecule has 0 aliphatic heterocycles. The predicted octanol–water partition coefficient (Wildman–Crippen LogP) is 5.25. The van der Waals surface area contributed by atoms with Crippen LogP contribution < -0.4 is 5.30 Å². The largest absolute Gasteiger partial charge is 0.307 e. The fourth-order valence-corrected chi connectivity index (χ4v) is 8.38. The topological polar surface area (TPSA) is 12.4 Å². The third-order valence-electron chi connectivity index (χ3n) is 1.28. The lowest BCUT2D eigenvalue weighted by Crippen LogP contribution is -1.94. The third kappa shape index (κ3) is 4.18. The van der Waals surface area contributed by atoms with Gasteiger partial charge in [-0.2, -0.15) is 8.71 Å². The van der Waals surface area contributed by atoms with Crippen LogP contribution in [0.25, 0.3) is 0 Å². The molecule has 1 unspecified atom stereocenters. The molecule has 1 aromatic rings. The van der Waals surface area contributed by atoms with E-state index in [-0.39, 0.29) is 0 Å². The van der Waals surface area contributed by atoms with E-state index in [4.69, 9.17) is 33.7 Å². The zero-order valence-electron chi connectivity index (χ0n) is 6.65. The first-order valence-corrected chi connectivity index (χ1v) is 10.5. The van der Waals surface area contributed by atoms with Crippen LogP contribution in [0, 0.1) is 0 Å². The quantitative estimate of drug-likeness (QED) is 0.679. The van der Waals surface area contributed by atoms with Crippen LogP contribution >= 0.6 is 45.3 Å². The van der Waals surface area contributed by atoms with Crippen molar-refractivity contribution in [3.63, 3.8) is 0 Å². The van der Waals surface area contributed by atoms with Crippen molar-refractivity contribution in [3.05, 3.63) is 30.3 Å². The van der Waals surface area contributed by atoms with Gasteiger partial charge in [0.1, 0.15) is 0 Å². The monoisotopic (exact) mass is 309 g/mol. The minimum absolute atomic E-state index is 0.552. The molecule has 1 atom stereocenters. The van der Waals surface area contributed by atoms with E-state index in [0.29, 0.717) is 5.30 Å². The highest BCUT2D eigenvalue weighted by Gasteiger charge is 2.20. The number of halogens is 4. The predicted molar refractivity (Wildman–Crippen MR) is 68.4 cm³/mol. The van der Waals surface area contributed by atoms with E-state index < -0.39 is 11.6 Å². The van der Waals surface area contributed by atoms with E-state index in [0.717, 1.165) is 0 Å². The molecule has 0 heterocycles. The van der Waals surface area contributed by atoms with Gasteiger partial charge >= 0.3 is 5.85 Å². The Labute approximate surface area is 101 Å². The summed E-state index contributed by atoms with van der Waals surface area (Å²) < 4.78 is 16.4. The minimum Gasteiger partial charge on any atom is -0.193 e. The maximum atomic E-state index is 13.0. The SMILES string of the molecule is FP(=S)(Cl)N=P(Cl)(Cl)c1ccccc1. The summed E-state index contributed by atoms with van der Waals surface area (Å²) in [4.78, 5) is 0. The molecular weight excluding hydrogens is 305 g/mol. The Morgan fingerprint density at radius 1 is 1.14 bits per heavy atom. The van der Waals surface area contributed by atoms with Gasteiger partial charge in [-0.25, -0.2) is 0 Å². The van der Waals surface area contributed by atoms with E-state index in [1.165, 1.54) is 0 Å². The fraction of sp³-hybridized carbons (Fsp3) is 0. The second kappa shape index (κ2) is 4.82. The van der Waals surface area contributed by atoms with Crippen molar-refractivity contribution in [2.24, 2.45) is 4.52 Å². The third-order valence-corrected chi connectivity index (χ3v) is 7.59. The summed E-state index contributed by atoms with van der Waals surface area (Å²) in [7, 11) is 0. The molecule has 0 aliphatic carbocycles. The molecule has 0 saturated carbocycles. The standard InChI is InChI=1S/C6H5Cl3FNP2S/c7-12(8,11-13(9,10)14)6-4-2-1-3-5-6/h1-5H. The molecule has 78 valence electrons. The maximum Gasteiger partial charge on any atom is 0.307 e. The summed E-state index contributed by atoms with van der Waals surface area (Å²) in [6, 6.07) is 8.60. The van der Waals surface area contributed by atoms with Crippen molar-refractivity contribution < 1.29 is 4.20 Å². The Morgan fingerprint density at radius 2 is 1.64 bits per heavy atom. The minimum atomic E-state index is -3.74. The van der Waals surface area contributed by atoms with Crippen molar-refractivity contribution in [3.8, 4) is 0 Å². The van der Waals surface area contributed by atoms with E-state index >= 15 is 0 Å². The molecule has 14 heavy (non-hydrogen) atoms. The van der Waals surface area contributed by atoms with Crippen LogP contribution in [0.5, 0.6) is 0 Å². The Balaban J connectivity index is 3.22. The van der Waals surface area contributed by atoms with Gasteiger partial charge < -0.3 is 0 Å². The molecule has 0 fully saturated rings. The van der Waals surface area contributed by atoms with E-state index in [2.05, 4.69) is 16.3 Å². The molecule has 0 saturated heterocycles. The average Bonchev–Trinajstić information content (AvgIpc) is 2.01. The maximum absolute atomic E-state index is 13.0. The van der Waals surface area contributed by atoms with Gasteiger partial charge in [0.25, 0.3) is 0 Å². The molecule has 1 nitrogen and oxygen atoms in total. The second-order valence-corrected chi connectivity index (χ2v) is 12.3. The number of hydrogen-bond donors (Lipinski definition) is 0. The summed E-state index contributed by atoms with van der Waals surface area (Å²) >= 11 is 21.3. The lowest BCUT2D eigenvalue weighted by Gasteiger charge is -2.09. The average molecular weight is 310 g/mol. The smallest absolute Gasteiger partial charge is 0.193 e. The number of hydrogen-bond acceptors (Lipinski definition) is 1. The Bertz CT molecular complexity index is 412. The van der Waals surface area contributed by atoms with Crippen molar-refractivity contribution in [1.29, 1.82) is 0 Å². The summed E-state index contributed by atoms with van der Waals surface area (Å²) in [5, 5.41) is 0.552. The Morgan fingerprint density at radius 3 is 2.07 bits per heavy atom. The molecule has 0 spiro atoms. The van der Waals surface area contributed by atoms with Crippen LogP contribution in [-0.4, -0.2) is 0 Å². The number of nitrogens with zero attached hydrogens (tertiary/aromatic N) is 1. The summed E-state index contributed by atoms with van der Waals surface area (Å²) in [5.41, 5.74) is 0. The lowest BCUT2D eigenvalue weighted by atomic mass is 10.4. The van der Waals surface area contributed by atoms with Crippen LogP contribution in [0.2, 0.25) is 0 Å². The van der Waals surface area contributed by atoms with Gasteiger partial charge in [-0.05, 0) is 23.0 Å². The van der Waals surface area contributed by atoms with Crippen LogP contribution in [0.4, 0.5) is 4.20 Å². The van der Waals surface area contributed by atoms with Crippen molar-refractivity contribution in [2.75, 3.05) is 0 Å². The molecule has 0 radical (unpaired) electrons. The van der Waals surface area contributed by atoms with E-state index in [1.807, 2.05) is 0 Å². The van der Waals surface area contributed by atoms with Gasteiger partial charge in [0.05, 0.1) is 0 Å². The first-order chi connectivity index (χ1) is 6.31. The summed E-state index contributed by atoms with van der Waals surface area (Å²) in [5.74, 6) is -6.65. The Kier molecular flexibility index (Phi) is 4.47. The second-order valence-electron chi connectivity index (χ2n) is 2.34. The number of rotatable bonds is 2. The summed E-state index contributed by atoms with van der Waals surface area (Å²) in [6.07, 6.45) is 0. The molecule has 0 amide bonds. The summed E-state index contributed by atoms with van der Waals surface area (Å²) in [6.45, 7) is 0. The van der Waals surface area contributed by atoms with Crippen LogP contribution in [0.15, 0.2) is 34.8 Å². The zero-order valence-corrected chi connectivity index (χ0v) is 11.5. The lowest BCUT2D eigenvalue weighted by molar-refractivity contribution is 0.910. The van der Waals surface area contributed by atoms with Gasteiger partial charge in [-0.1, -0.05) is 52.8 Å². The zero-order chi connectivity index (χ0) is 10.8. The van der Waals surface area contributed by atoms with Gasteiger partial charge in [-0.15, -0.1) is 0 Å². The molecule has 0 bridgehead atoms. The van der Waals surface area contributed by atoms with Crippen LogP contribution in [0.1, 0.15) is 0 Å². The van der Waals surface area contributed by atoms with E-state index in [9.17, 15) is 4.20 Å². The molecule has 1 aromatic carbocycles. The first-order valence-electron chi connectivity index (χ1n) is 3.39. The highest BCUT2D eigenvalue weighted by molar-refractivity contribution is 8.28. The van der Waals surface area contributed by atoms with Gasteiger partial charge in [-0.3, -0.25) is 0 Å². The van der Waals surface area contributed by atoms with E-state index in [1.54, 1.807) is 30.3 Å². The fourth-order valence-electron chi connectivity index (χ4n) is 0.790. The first kappa shape index (κ1) is 13.0. The van der Waals surface area contributed by atoms with Gasteiger partial charge in [0.2, 0.25) is 0 Å². The van der Waals surface area contributed by atoms with Crippen molar-refractivity contribution in [1.82, 2.24) is 0 Å². The highest BCUT2D eigenvalue weighted by Crippen LogP contribution is 2.70. The van der Waals surface area contributed by atoms with Crippen molar-refractivity contribution in [2.45, 2.75) is 0 Å². The Hall–Kier alpha value is 0.900. The van der Waals surface area contributed by atoms with Crippen molar-refractivity contribution >= 4 is 62.4 Å². The normalized spacial score (nSPS) is 16.0. The van der Waals surface area contributed by atoms with Crippen LogP contribution in [-0.2, 0) is 11.8 Å². The van der Waals surface area contributed by atoms with Crippen LogP contribution in [0.3, 0.4) is 0 Å². The number of benzene rings is 1. The molecule has 8 heteroatoms. The van der Waals surface area contributed by atoms with Gasteiger partial charge in [0, 0.05) is 5.30 Å². The molecule has 0 aliphatic rings. The molecule has 1 rings (SSSR count). The van der Waals surface area contributed by atoms with Gasteiger partial charge in [0.15, 0.2) is 5.76 Å².